The van der Waals surface area contributed by atoms with Crippen LogP contribution in [0.5, 0.6) is 0 Å². The molecule has 4 rings (SSSR count). The van der Waals surface area contributed by atoms with Gasteiger partial charge in [-0.15, -0.1) is 10.2 Å². The fraction of sp³-hybridized carbons (Fsp3) is 0.500. The maximum absolute atomic E-state index is 12.2. The first-order chi connectivity index (χ1) is 16.2. The summed E-state index contributed by atoms with van der Waals surface area (Å²) in [5, 5.41) is 21.7. The maximum Gasteiger partial charge on any atom is 0.273 e. The third kappa shape index (κ3) is 6.93. The van der Waals surface area contributed by atoms with Crippen molar-refractivity contribution in [3.8, 4) is 0 Å². The predicted molar refractivity (Wildman–Crippen MR) is 120 cm³/mol. The summed E-state index contributed by atoms with van der Waals surface area (Å²) in [5.41, 5.74) is 1.20. The van der Waals surface area contributed by atoms with Crippen LogP contribution in [0.4, 0.5) is 5.82 Å². The number of nitrogens with zero attached hydrogens (tertiary/aromatic N) is 7. The number of hydrogen-bond acceptors (Lipinski definition) is 7. The predicted octanol–water partition coefficient (Wildman–Crippen LogP) is 2.19. The van der Waals surface area contributed by atoms with Crippen LogP contribution in [0.2, 0.25) is 0 Å². The molecule has 3 aromatic rings. The van der Waals surface area contributed by atoms with Crippen LogP contribution in [-0.2, 0) is 24.4 Å². The second-order valence-corrected chi connectivity index (χ2v) is 8.39. The van der Waals surface area contributed by atoms with Crippen LogP contribution in [-0.4, -0.2) is 46.8 Å². The fourth-order valence-electron chi connectivity index (χ4n) is 3.97. The Hall–Kier alpha value is -3.63. The highest BCUT2D eigenvalue weighted by Gasteiger charge is 2.19. The third-order valence-corrected chi connectivity index (χ3v) is 5.73. The molecule has 0 aliphatic heterocycles. The van der Waals surface area contributed by atoms with E-state index in [0.29, 0.717) is 37.8 Å². The van der Waals surface area contributed by atoms with Crippen LogP contribution >= 0.6 is 0 Å². The normalized spacial score (nSPS) is 13.8. The molecule has 2 N–H and O–H groups in total. The summed E-state index contributed by atoms with van der Waals surface area (Å²) >= 11 is 0. The molecule has 2 amide bonds. The second kappa shape index (κ2) is 11.3. The molecule has 0 aromatic carbocycles. The van der Waals surface area contributed by atoms with E-state index in [9.17, 15) is 9.59 Å². The lowest BCUT2D eigenvalue weighted by molar-refractivity contribution is -0.117. The van der Waals surface area contributed by atoms with Gasteiger partial charge < -0.3 is 10.6 Å². The number of unbranched alkanes of at least 4 members (excludes halogenated alkanes) is 1. The molecular formula is C22H29N9O2. The van der Waals surface area contributed by atoms with Crippen LogP contribution in [0.3, 0.4) is 0 Å². The van der Waals surface area contributed by atoms with Crippen molar-refractivity contribution in [2.45, 2.75) is 64.6 Å². The molecule has 3 aromatic heterocycles. The fourth-order valence-corrected chi connectivity index (χ4v) is 3.97. The van der Waals surface area contributed by atoms with E-state index < -0.39 is 0 Å². The smallest absolute Gasteiger partial charge is 0.273 e. The third-order valence-electron chi connectivity index (χ3n) is 5.73. The van der Waals surface area contributed by atoms with Gasteiger partial charge in [0.25, 0.3) is 5.91 Å². The zero-order chi connectivity index (χ0) is 22.9. The monoisotopic (exact) mass is 451 g/mol. The van der Waals surface area contributed by atoms with E-state index in [0.717, 1.165) is 31.2 Å². The number of carbonyl (C=O) groups is 2. The summed E-state index contributed by atoms with van der Waals surface area (Å²) in [6, 6.07) is 3.72. The van der Waals surface area contributed by atoms with E-state index in [-0.39, 0.29) is 17.5 Å². The average Bonchev–Trinajstić information content (AvgIpc) is 3.59. The van der Waals surface area contributed by atoms with Gasteiger partial charge in [-0.25, -0.2) is 0 Å². The Morgan fingerprint density at radius 1 is 1.03 bits per heavy atom. The van der Waals surface area contributed by atoms with Gasteiger partial charge in [-0.1, -0.05) is 29.3 Å². The van der Waals surface area contributed by atoms with Gasteiger partial charge >= 0.3 is 0 Å². The largest absolute Gasteiger partial charge is 0.346 e. The van der Waals surface area contributed by atoms with Gasteiger partial charge in [0, 0.05) is 38.4 Å². The number of rotatable bonds is 11. The lowest BCUT2D eigenvalue weighted by Gasteiger charge is -2.07. The first kappa shape index (κ1) is 22.6. The standard InChI is InChI=1S/C22H29N9O2/c32-21(12-17-6-1-2-7-17)25-20-16-31(29-27-20)11-4-3-10-30-15-19(26-28-30)22(33)24-14-18-8-5-9-23-13-18/h5,8-9,13,15-17H,1-4,6-7,10-12,14H2,(H,24,33)(H,25,32). The Labute approximate surface area is 192 Å². The molecule has 1 fully saturated rings. The average molecular weight is 452 g/mol. The second-order valence-electron chi connectivity index (χ2n) is 8.39. The van der Waals surface area contributed by atoms with Gasteiger partial charge in [0.15, 0.2) is 11.5 Å². The first-order valence-electron chi connectivity index (χ1n) is 11.4. The van der Waals surface area contributed by atoms with E-state index in [2.05, 4.69) is 36.2 Å². The van der Waals surface area contributed by atoms with Gasteiger partial charge in [-0.05, 0) is 43.2 Å². The Bertz CT molecular complexity index is 1040. The minimum atomic E-state index is -0.268. The minimum absolute atomic E-state index is 0.0143. The highest BCUT2D eigenvalue weighted by Crippen LogP contribution is 2.27. The molecule has 33 heavy (non-hydrogen) atoms. The molecule has 174 valence electrons. The minimum Gasteiger partial charge on any atom is -0.346 e. The Kier molecular flexibility index (Phi) is 7.72. The van der Waals surface area contributed by atoms with Gasteiger partial charge in [0.1, 0.15) is 0 Å². The van der Waals surface area contributed by atoms with E-state index in [1.54, 1.807) is 34.2 Å². The first-order valence-corrected chi connectivity index (χ1v) is 11.4. The van der Waals surface area contributed by atoms with Crippen molar-refractivity contribution in [2.24, 2.45) is 5.92 Å². The number of anilines is 1. The highest BCUT2D eigenvalue weighted by atomic mass is 16.2. The van der Waals surface area contributed by atoms with E-state index >= 15 is 0 Å². The molecule has 11 heteroatoms. The highest BCUT2D eigenvalue weighted by molar-refractivity contribution is 5.91. The van der Waals surface area contributed by atoms with Gasteiger partial charge in [0.2, 0.25) is 5.91 Å². The number of carbonyl (C=O) groups excluding carboxylic acids is 2. The summed E-state index contributed by atoms with van der Waals surface area (Å²) in [7, 11) is 0. The van der Waals surface area contributed by atoms with Crippen molar-refractivity contribution in [3.05, 3.63) is 48.2 Å². The molecule has 11 nitrogen and oxygen atoms in total. The van der Waals surface area contributed by atoms with Crippen LogP contribution in [0.25, 0.3) is 0 Å². The number of amides is 2. The zero-order valence-corrected chi connectivity index (χ0v) is 18.6. The molecule has 1 aliphatic rings. The van der Waals surface area contributed by atoms with Crippen LogP contribution in [0.1, 0.15) is 61.0 Å². The van der Waals surface area contributed by atoms with Gasteiger partial charge in [-0.2, -0.15) is 0 Å². The lowest BCUT2D eigenvalue weighted by Crippen LogP contribution is -2.23. The van der Waals surface area contributed by atoms with Crippen LogP contribution in [0.15, 0.2) is 36.9 Å². The zero-order valence-electron chi connectivity index (χ0n) is 18.6. The molecule has 0 unspecified atom stereocenters. The number of hydrogen-bond donors (Lipinski definition) is 2. The van der Waals surface area contributed by atoms with Gasteiger partial charge in [0.05, 0.1) is 12.4 Å². The SMILES string of the molecule is O=C(CC1CCCC1)Nc1cn(CCCCn2cc(C(=O)NCc3cccnc3)nn2)nn1. The van der Waals surface area contributed by atoms with E-state index in [1.165, 1.54) is 12.8 Å². The van der Waals surface area contributed by atoms with Crippen LogP contribution < -0.4 is 10.6 Å². The molecule has 0 radical (unpaired) electrons. The molecule has 0 bridgehead atoms. The topological polar surface area (TPSA) is 133 Å². The molecule has 3 heterocycles. The van der Waals surface area contributed by atoms with Gasteiger partial charge in [-0.3, -0.25) is 23.9 Å². The van der Waals surface area contributed by atoms with Crippen molar-refractivity contribution in [1.29, 1.82) is 0 Å². The summed E-state index contributed by atoms with van der Waals surface area (Å²) in [6.45, 7) is 1.71. The maximum atomic E-state index is 12.2. The van der Waals surface area contributed by atoms with Crippen molar-refractivity contribution in [2.75, 3.05) is 5.32 Å². The number of pyridine rings is 1. The summed E-state index contributed by atoms with van der Waals surface area (Å²) in [4.78, 5) is 28.4. The number of nitrogens with one attached hydrogen (secondary N) is 2. The lowest BCUT2D eigenvalue weighted by atomic mass is 10.0. The summed E-state index contributed by atoms with van der Waals surface area (Å²) in [6.07, 6.45) is 13.8. The molecule has 0 saturated heterocycles. The quantitative estimate of drug-likeness (QED) is 0.427. The van der Waals surface area contributed by atoms with Crippen LogP contribution in [0, 0.1) is 5.92 Å². The number of aryl methyl sites for hydroxylation is 2. The molecule has 1 aliphatic carbocycles. The van der Waals surface area contributed by atoms with Crippen molar-refractivity contribution >= 4 is 17.6 Å². The Morgan fingerprint density at radius 2 is 1.79 bits per heavy atom. The van der Waals surface area contributed by atoms with Crippen molar-refractivity contribution < 1.29 is 9.59 Å². The van der Waals surface area contributed by atoms with E-state index in [1.807, 2.05) is 12.1 Å². The number of aromatic nitrogens is 7. The Morgan fingerprint density at radius 3 is 2.55 bits per heavy atom. The van der Waals surface area contributed by atoms with Crippen molar-refractivity contribution in [3.63, 3.8) is 0 Å². The molecule has 1 saturated carbocycles. The molecular weight excluding hydrogens is 422 g/mol. The molecule has 0 spiro atoms. The van der Waals surface area contributed by atoms with E-state index in [4.69, 9.17) is 0 Å². The van der Waals surface area contributed by atoms with Crippen molar-refractivity contribution in [1.82, 2.24) is 40.3 Å². The molecule has 0 atom stereocenters. The Balaban J connectivity index is 1.14. The summed E-state index contributed by atoms with van der Waals surface area (Å²) in [5.74, 6) is 0.747. The summed E-state index contributed by atoms with van der Waals surface area (Å²) < 4.78 is 3.39.